The number of amides is 1. The Balaban J connectivity index is 2.69. The van der Waals surface area contributed by atoms with E-state index >= 15 is 0 Å². The fourth-order valence-electron chi connectivity index (χ4n) is 1.11. The lowest BCUT2D eigenvalue weighted by Gasteiger charge is -2.09. The fourth-order valence-corrected chi connectivity index (χ4v) is 1.11. The standard InChI is InChI=1S/C10H14N2O/c1-3-9-6-4-5-7-10(9)12-11-8(2)13/h4-7,12H,3H2,1-2H3,(H,11,13). The fraction of sp³-hybridized carbons (Fsp3) is 0.300. The number of aryl methyl sites for hydroxylation is 1. The van der Waals surface area contributed by atoms with Crippen molar-refractivity contribution in [1.82, 2.24) is 5.43 Å². The van der Waals surface area contributed by atoms with E-state index in [-0.39, 0.29) is 5.91 Å². The zero-order valence-electron chi connectivity index (χ0n) is 7.92. The minimum Gasteiger partial charge on any atom is -0.298 e. The molecule has 1 amide bonds. The van der Waals surface area contributed by atoms with Crippen LogP contribution in [0.15, 0.2) is 24.3 Å². The third-order valence-electron chi connectivity index (χ3n) is 1.77. The van der Waals surface area contributed by atoms with Gasteiger partial charge in [-0.1, -0.05) is 25.1 Å². The Morgan fingerprint density at radius 3 is 2.69 bits per heavy atom. The molecule has 0 aromatic heterocycles. The van der Waals surface area contributed by atoms with E-state index in [1.807, 2.05) is 24.3 Å². The number of anilines is 1. The quantitative estimate of drug-likeness (QED) is 0.692. The molecule has 2 N–H and O–H groups in total. The average Bonchev–Trinajstić information content (AvgIpc) is 2.15. The lowest BCUT2D eigenvalue weighted by molar-refractivity contribution is -0.118. The van der Waals surface area contributed by atoms with Crippen molar-refractivity contribution >= 4 is 11.6 Å². The van der Waals surface area contributed by atoms with Gasteiger partial charge in [-0.15, -0.1) is 0 Å². The van der Waals surface area contributed by atoms with E-state index in [0.29, 0.717) is 0 Å². The van der Waals surface area contributed by atoms with Gasteiger partial charge in [0.15, 0.2) is 0 Å². The molecule has 1 aromatic rings. The highest BCUT2D eigenvalue weighted by atomic mass is 16.2. The van der Waals surface area contributed by atoms with Crippen LogP contribution in [0.3, 0.4) is 0 Å². The van der Waals surface area contributed by atoms with Crippen molar-refractivity contribution in [2.24, 2.45) is 0 Å². The van der Waals surface area contributed by atoms with Gasteiger partial charge in [0, 0.05) is 6.92 Å². The second kappa shape index (κ2) is 4.50. The smallest absolute Gasteiger partial charge is 0.235 e. The van der Waals surface area contributed by atoms with E-state index in [0.717, 1.165) is 12.1 Å². The van der Waals surface area contributed by atoms with Gasteiger partial charge in [0.2, 0.25) is 5.91 Å². The summed E-state index contributed by atoms with van der Waals surface area (Å²) in [5.74, 6) is -0.0918. The van der Waals surface area contributed by atoms with E-state index in [4.69, 9.17) is 0 Å². The summed E-state index contributed by atoms with van der Waals surface area (Å²) in [6.45, 7) is 3.55. The van der Waals surface area contributed by atoms with Gasteiger partial charge in [-0.2, -0.15) is 0 Å². The highest BCUT2D eigenvalue weighted by molar-refractivity contribution is 5.74. The summed E-state index contributed by atoms with van der Waals surface area (Å²) < 4.78 is 0. The van der Waals surface area contributed by atoms with Crippen molar-refractivity contribution in [2.75, 3.05) is 5.43 Å². The minimum atomic E-state index is -0.0918. The second-order valence-corrected chi connectivity index (χ2v) is 2.82. The monoisotopic (exact) mass is 178 g/mol. The topological polar surface area (TPSA) is 41.1 Å². The molecule has 0 unspecified atom stereocenters. The van der Waals surface area contributed by atoms with Gasteiger partial charge in [0.1, 0.15) is 0 Å². The Morgan fingerprint density at radius 1 is 1.38 bits per heavy atom. The number of benzene rings is 1. The summed E-state index contributed by atoms with van der Waals surface area (Å²) in [6.07, 6.45) is 0.947. The number of para-hydroxylation sites is 1. The largest absolute Gasteiger partial charge is 0.298 e. The zero-order chi connectivity index (χ0) is 9.68. The highest BCUT2D eigenvalue weighted by Crippen LogP contribution is 2.13. The summed E-state index contributed by atoms with van der Waals surface area (Å²) in [5.41, 5.74) is 7.56. The molecule has 3 nitrogen and oxygen atoms in total. The SMILES string of the molecule is CCc1ccccc1NNC(C)=O. The highest BCUT2D eigenvalue weighted by Gasteiger charge is 1.97. The number of hydrogen-bond donors (Lipinski definition) is 2. The molecule has 1 rings (SSSR count). The molecule has 0 spiro atoms. The molecular formula is C10H14N2O. The van der Waals surface area contributed by atoms with Crippen LogP contribution in [0.4, 0.5) is 5.69 Å². The molecule has 3 heteroatoms. The predicted octanol–water partition coefficient (Wildman–Crippen LogP) is 1.71. The van der Waals surface area contributed by atoms with Crippen LogP contribution in [0, 0.1) is 0 Å². The minimum absolute atomic E-state index is 0.0918. The number of hydrogen-bond acceptors (Lipinski definition) is 2. The van der Waals surface area contributed by atoms with Gasteiger partial charge in [-0.3, -0.25) is 15.6 Å². The van der Waals surface area contributed by atoms with Gasteiger partial charge >= 0.3 is 0 Å². The number of carbonyl (C=O) groups excluding carboxylic acids is 1. The Morgan fingerprint density at radius 2 is 2.08 bits per heavy atom. The maximum atomic E-state index is 10.6. The summed E-state index contributed by atoms with van der Waals surface area (Å²) in [6, 6.07) is 7.89. The van der Waals surface area contributed by atoms with Gasteiger partial charge in [0.05, 0.1) is 5.69 Å². The molecule has 0 atom stereocenters. The van der Waals surface area contributed by atoms with Crippen LogP contribution in [-0.2, 0) is 11.2 Å². The van der Waals surface area contributed by atoms with Crippen LogP contribution < -0.4 is 10.9 Å². The third kappa shape index (κ3) is 2.78. The second-order valence-electron chi connectivity index (χ2n) is 2.82. The zero-order valence-corrected chi connectivity index (χ0v) is 7.92. The summed E-state index contributed by atoms with van der Waals surface area (Å²) in [7, 11) is 0. The lowest BCUT2D eigenvalue weighted by atomic mass is 10.1. The molecule has 0 fully saturated rings. The van der Waals surface area contributed by atoms with Crippen molar-refractivity contribution < 1.29 is 4.79 Å². The molecular weight excluding hydrogens is 164 g/mol. The maximum Gasteiger partial charge on any atom is 0.235 e. The van der Waals surface area contributed by atoms with Gasteiger partial charge in [-0.05, 0) is 18.1 Å². The summed E-state index contributed by atoms with van der Waals surface area (Å²) in [4.78, 5) is 10.6. The molecule has 0 aliphatic carbocycles. The van der Waals surface area contributed by atoms with Crippen molar-refractivity contribution in [1.29, 1.82) is 0 Å². The molecule has 0 radical (unpaired) electrons. The Kier molecular flexibility index (Phi) is 3.31. The molecule has 0 heterocycles. The van der Waals surface area contributed by atoms with E-state index in [2.05, 4.69) is 17.8 Å². The third-order valence-corrected chi connectivity index (χ3v) is 1.77. The van der Waals surface area contributed by atoms with Crippen LogP contribution in [0.1, 0.15) is 19.4 Å². The predicted molar refractivity (Wildman–Crippen MR) is 53.3 cm³/mol. The molecule has 13 heavy (non-hydrogen) atoms. The van der Waals surface area contributed by atoms with E-state index in [9.17, 15) is 4.79 Å². The van der Waals surface area contributed by atoms with Crippen LogP contribution in [0.5, 0.6) is 0 Å². The molecule has 0 aliphatic rings. The lowest BCUT2D eigenvalue weighted by Crippen LogP contribution is -2.27. The van der Waals surface area contributed by atoms with Crippen molar-refractivity contribution in [3.63, 3.8) is 0 Å². The van der Waals surface area contributed by atoms with Gasteiger partial charge < -0.3 is 0 Å². The average molecular weight is 178 g/mol. The molecule has 0 saturated heterocycles. The first-order valence-electron chi connectivity index (χ1n) is 4.34. The van der Waals surface area contributed by atoms with Gasteiger partial charge in [-0.25, -0.2) is 0 Å². The number of nitrogens with one attached hydrogen (secondary N) is 2. The Bertz CT molecular complexity index is 297. The maximum absolute atomic E-state index is 10.6. The van der Waals surface area contributed by atoms with Crippen molar-refractivity contribution in [3.8, 4) is 0 Å². The normalized spacial score (nSPS) is 9.38. The van der Waals surface area contributed by atoms with Crippen LogP contribution in [0.25, 0.3) is 0 Å². The van der Waals surface area contributed by atoms with E-state index in [1.54, 1.807) is 0 Å². The van der Waals surface area contributed by atoms with Crippen LogP contribution in [-0.4, -0.2) is 5.91 Å². The van der Waals surface area contributed by atoms with Crippen molar-refractivity contribution in [3.05, 3.63) is 29.8 Å². The molecule has 0 aliphatic heterocycles. The molecule has 0 saturated carbocycles. The number of carbonyl (C=O) groups is 1. The number of hydrazine groups is 1. The summed E-state index contributed by atoms with van der Waals surface area (Å²) >= 11 is 0. The molecule has 1 aromatic carbocycles. The van der Waals surface area contributed by atoms with E-state index < -0.39 is 0 Å². The first-order valence-corrected chi connectivity index (χ1v) is 4.34. The van der Waals surface area contributed by atoms with Gasteiger partial charge in [0.25, 0.3) is 0 Å². The number of rotatable bonds is 3. The van der Waals surface area contributed by atoms with Crippen LogP contribution in [0.2, 0.25) is 0 Å². The van der Waals surface area contributed by atoms with Crippen molar-refractivity contribution in [2.45, 2.75) is 20.3 Å². The first kappa shape index (κ1) is 9.58. The molecule has 0 bridgehead atoms. The first-order chi connectivity index (χ1) is 6.24. The Labute approximate surface area is 78.1 Å². The Hall–Kier alpha value is -1.51. The molecule has 70 valence electrons. The van der Waals surface area contributed by atoms with Crippen LogP contribution >= 0.6 is 0 Å². The van der Waals surface area contributed by atoms with E-state index in [1.165, 1.54) is 12.5 Å². The summed E-state index contributed by atoms with van der Waals surface area (Å²) in [5, 5.41) is 0.